The van der Waals surface area contributed by atoms with Gasteiger partial charge < -0.3 is 19.3 Å². The van der Waals surface area contributed by atoms with E-state index in [1.165, 1.54) is 0 Å². The second-order valence-electron chi connectivity index (χ2n) is 6.34. The molecule has 5 nitrogen and oxygen atoms in total. The number of unbranched alkanes of at least 4 members (excludes halogenated alkanes) is 1. The van der Waals surface area contributed by atoms with Gasteiger partial charge in [-0.1, -0.05) is 25.5 Å². The summed E-state index contributed by atoms with van der Waals surface area (Å²) in [7, 11) is 1.97. The Kier molecular flexibility index (Phi) is 7.27. The summed E-state index contributed by atoms with van der Waals surface area (Å²) >= 11 is 0. The third-order valence-corrected chi connectivity index (χ3v) is 6.77. The highest BCUT2D eigenvalue weighted by Gasteiger charge is 2.36. The summed E-state index contributed by atoms with van der Waals surface area (Å²) in [5.41, 5.74) is 1.54. The van der Waals surface area contributed by atoms with E-state index < -0.39 is 13.2 Å². The van der Waals surface area contributed by atoms with Crippen LogP contribution < -0.4 is 14.9 Å². The summed E-state index contributed by atoms with van der Waals surface area (Å²) in [6.45, 7) is 2.39. The predicted octanol–water partition coefficient (Wildman–Crippen LogP) is 4.17. The van der Waals surface area contributed by atoms with Gasteiger partial charge in [-0.3, -0.25) is 4.57 Å². The number of hydrogen-bond acceptors (Lipinski definition) is 5. The molecule has 0 bridgehead atoms. The Morgan fingerprint density at radius 1 is 1.08 bits per heavy atom. The lowest BCUT2D eigenvalue weighted by Gasteiger charge is -2.25. The van der Waals surface area contributed by atoms with Crippen LogP contribution in [0.4, 0.5) is 5.69 Å². The Morgan fingerprint density at radius 2 is 1.69 bits per heavy atom. The van der Waals surface area contributed by atoms with Crippen LogP contribution in [-0.2, 0) is 9.09 Å². The van der Waals surface area contributed by atoms with Gasteiger partial charge in [0.15, 0.2) is 5.85 Å². The van der Waals surface area contributed by atoms with Crippen molar-refractivity contribution in [2.45, 2.75) is 25.6 Å². The second-order valence-corrected chi connectivity index (χ2v) is 8.80. The molecule has 6 heteroatoms. The fourth-order valence-electron chi connectivity index (χ4n) is 2.56. The average Bonchev–Trinajstić information content (AvgIpc) is 2.67. The van der Waals surface area contributed by atoms with E-state index in [0.29, 0.717) is 23.2 Å². The minimum absolute atomic E-state index is 0.344. The van der Waals surface area contributed by atoms with Crippen LogP contribution in [0.25, 0.3) is 0 Å². The van der Waals surface area contributed by atoms with Gasteiger partial charge >= 0.3 is 0 Å². The van der Waals surface area contributed by atoms with Crippen molar-refractivity contribution in [3.05, 3.63) is 54.1 Å². The molecule has 2 rings (SSSR count). The summed E-state index contributed by atoms with van der Waals surface area (Å²) in [4.78, 5) is 1.96. The lowest BCUT2D eigenvalue weighted by Crippen LogP contribution is -2.16. The van der Waals surface area contributed by atoms with Crippen molar-refractivity contribution in [1.82, 2.24) is 0 Å². The van der Waals surface area contributed by atoms with E-state index in [4.69, 9.17) is 9.26 Å². The van der Waals surface area contributed by atoms with Crippen molar-refractivity contribution in [2.24, 2.45) is 0 Å². The molecule has 2 aromatic rings. The van der Waals surface area contributed by atoms with Crippen LogP contribution in [-0.4, -0.2) is 32.9 Å². The Bertz CT molecular complexity index is 728. The van der Waals surface area contributed by atoms with E-state index in [0.717, 1.165) is 18.5 Å². The molecule has 0 unspecified atom stereocenters. The molecule has 0 aliphatic carbocycles. The molecule has 0 aromatic heterocycles. The number of aliphatic hydroxyl groups excluding tert-OH is 1. The molecule has 0 heterocycles. The number of hydrogen-bond donors (Lipinski definition) is 1. The van der Waals surface area contributed by atoms with Crippen LogP contribution in [0, 0.1) is 0 Å². The first-order valence-electron chi connectivity index (χ1n) is 8.76. The number of rotatable bonds is 9. The van der Waals surface area contributed by atoms with Crippen LogP contribution in [0.5, 0.6) is 5.75 Å². The quantitative estimate of drug-likeness (QED) is 0.525. The van der Waals surface area contributed by atoms with Gasteiger partial charge in [-0.15, -0.1) is 0 Å². The maximum atomic E-state index is 13.7. The third-order valence-electron chi connectivity index (χ3n) is 4.24. The molecule has 1 N–H and O–H groups in total. The first-order chi connectivity index (χ1) is 12.4. The van der Waals surface area contributed by atoms with Crippen molar-refractivity contribution in [1.29, 1.82) is 0 Å². The molecule has 0 spiro atoms. The van der Waals surface area contributed by atoms with E-state index in [2.05, 4.69) is 0 Å². The fourth-order valence-corrected chi connectivity index (χ4v) is 4.66. The van der Waals surface area contributed by atoms with Crippen molar-refractivity contribution >= 4 is 18.4 Å². The number of benzene rings is 2. The van der Waals surface area contributed by atoms with Gasteiger partial charge in [-0.25, -0.2) is 0 Å². The van der Waals surface area contributed by atoms with Gasteiger partial charge in [0.05, 0.1) is 13.7 Å². The largest absolute Gasteiger partial charge is 0.497 e. The van der Waals surface area contributed by atoms with Gasteiger partial charge in [0.1, 0.15) is 5.75 Å². The minimum Gasteiger partial charge on any atom is -0.497 e. The molecule has 0 fully saturated rings. The predicted molar refractivity (Wildman–Crippen MR) is 107 cm³/mol. The second kappa shape index (κ2) is 9.22. The number of nitrogens with zero attached hydrogens (tertiary/aromatic N) is 1. The van der Waals surface area contributed by atoms with Crippen molar-refractivity contribution in [2.75, 3.05) is 32.7 Å². The molecule has 0 aliphatic heterocycles. The number of aliphatic hydroxyl groups is 1. The molecule has 0 radical (unpaired) electrons. The highest BCUT2D eigenvalue weighted by Crippen LogP contribution is 2.57. The Hall–Kier alpha value is -1.81. The van der Waals surface area contributed by atoms with Crippen molar-refractivity contribution < 1.29 is 18.9 Å². The van der Waals surface area contributed by atoms with E-state index in [1.807, 2.05) is 38.1 Å². The van der Waals surface area contributed by atoms with E-state index >= 15 is 0 Å². The molecule has 0 saturated carbocycles. The lowest BCUT2D eigenvalue weighted by atomic mass is 10.2. The molecule has 142 valence electrons. The monoisotopic (exact) mass is 377 g/mol. The Labute approximate surface area is 156 Å². The molecule has 26 heavy (non-hydrogen) atoms. The molecule has 2 aromatic carbocycles. The molecule has 2 atom stereocenters. The van der Waals surface area contributed by atoms with Gasteiger partial charge in [0, 0.05) is 25.1 Å². The molecular weight excluding hydrogens is 349 g/mol. The van der Waals surface area contributed by atoms with Crippen LogP contribution in [0.3, 0.4) is 0 Å². The first kappa shape index (κ1) is 20.5. The highest BCUT2D eigenvalue weighted by molar-refractivity contribution is 7.67. The topological polar surface area (TPSA) is 59.0 Å². The lowest BCUT2D eigenvalue weighted by molar-refractivity contribution is 0.212. The molecule has 0 amide bonds. The van der Waals surface area contributed by atoms with E-state index in [1.54, 1.807) is 43.5 Å². The normalized spacial score (nSPS) is 14.5. The fraction of sp³-hybridized carbons (Fsp3) is 0.400. The molecule has 0 saturated heterocycles. The minimum atomic E-state index is -3.49. The van der Waals surface area contributed by atoms with E-state index in [9.17, 15) is 9.67 Å². The average molecular weight is 377 g/mol. The maximum absolute atomic E-state index is 13.7. The summed E-state index contributed by atoms with van der Waals surface area (Å²) in [5, 5.41) is 11.4. The summed E-state index contributed by atoms with van der Waals surface area (Å²) in [6.07, 6.45) is 1.72. The zero-order valence-electron chi connectivity index (χ0n) is 15.9. The Morgan fingerprint density at radius 3 is 2.19 bits per heavy atom. The summed E-state index contributed by atoms with van der Waals surface area (Å²) < 4.78 is 24.6. The SMILES string of the molecule is CCCCO[P@](=O)(c1ccc(N(C)C)cc1)[C@H](O)c1ccc(OC)cc1. The summed E-state index contributed by atoms with van der Waals surface area (Å²) in [5.74, 6) is -0.548. The standard InChI is InChI=1S/C20H28NO4P/c1-5-6-15-25-26(23,19-13-9-17(10-14-19)21(2)3)20(22)16-7-11-18(24-4)12-8-16/h7-14,20,22H,5-6,15H2,1-4H3/t20-,26+/m0/s1. The van der Waals surface area contributed by atoms with Gasteiger partial charge in [-0.2, -0.15) is 0 Å². The number of anilines is 1. The molecule has 0 aliphatic rings. The smallest absolute Gasteiger partial charge is 0.264 e. The van der Waals surface area contributed by atoms with Gasteiger partial charge in [0.25, 0.3) is 7.37 Å². The summed E-state index contributed by atoms with van der Waals surface area (Å²) in [6, 6.07) is 14.2. The highest BCUT2D eigenvalue weighted by atomic mass is 31.2. The third kappa shape index (κ3) is 4.67. The van der Waals surface area contributed by atoms with Crippen LogP contribution in [0.15, 0.2) is 48.5 Å². The molecular formula is C20H28NO4P. The van der Waals surface area contributed by atoms with E-state index in [-0.39, 0.29) is 0 Å². The first-order valence-corrected chi connectivity index (χ1v) is 10.5. The van der Waals surface area contributed by atoms with Gasteiger partial charge in [0.2, 0.25) is 0 Å². The van der Waals surface area contributed by atoms with Crippen LogP contribution in [0.1, 0.15) is 31.2 Å². The zero-order chi connectivity index (χ0) is 19.2. The number of methoxy groups -OCH3 is 1. The van der Waals surface area contributed by atoms with Crippen molar-refractivity contribution in [3.8, 4) is 5.75 Å². The maximum Gasteiger partial charge on any atom is 0.264 e. The van der Waals surface area contributed by atoms with Crippen molar-refractivity contribution in [3.63, 3.8) is 0 Å². The zero-order valence-corrected chi connectivity index (χ0v) is 16.8. The Balaban J connectivity index is 2.37. The number of ether oxygens (including phenoxy) is 1. The van der Waals surface area contributed by atoms with Gasteiger partial charge in [-0.05, 0) is 48.4 Å². The van der Waals surface area contributed by atoms with Crippen LogP contribution in [0.2, 0.25) is 0 Å². The van der Waals surface area contributed by atoms with Crippen LogP contribution >= 0.6 is 7.37 Å².